The molecule has 0 bridgehead atoms. The Morgan fingerprint density at radius 3 is 2.23 bits per heavy atom. The molecule has 5 heteroatoms. The Labute approximate surface area is 174 Å². The predicted octanol–water partition coefficient (Wildman–Crippen LogP) is 4.86. The molecule has 0 aliphatic carbocycles. The molecule has 0 unspecified atom stereocenters. The lowest BCUT2D eigenvalue weighted by Crippen LogP contribution is -2.34. The van der Waals surface area contributed by atoms with Crippen molar-refractivity contribution in [2.45, 2.75) is 13.8 Å². The summed E-state index contributed by atoms with van der Waals surface area (Å²) in [5.41, 5.74) is 4.21. The van der Waals surface area contributed by atoms with Crippen LogP contribution in [0.1, 0.15) is 16.7 Å². The van der Waals surface area contributed by atoms with E-state index < -0.39 is 17.6 Å². The lowest BCUT2D eigenvalue weighted by molar-refractivity contribution is -0.120. The van der Waals surface area contributed by atoms with Crippen LogP contribution < -0.4 is 9.80 Å². The number of nitrogens with zero attached hydrogens (tertiary/aromatic N) is 2. The van der Waals surface area contributed by atoms with Crippen molar-refractivity contribution in [1.29, 1.82) is 0 Å². The molecule has 1 aliphatic rings. The van der Waals surface area contributed by atoms with Gasteiger partial charge in [-0.05, 0) is 55.3 Å². The van der Waals surface area contributed by atoms with Gasteiger partial charge in [0.1, 0.15) is 11.5 Å². The minimum absolute atomic E-state index is 0.212. The van der Waals surface area contributed by atoms with Gasteiger partial charge in [-0.15, -0.1) is 0 Å². The first-order chi connectivity index (χ1) is 14.4. The second-order valence-corrected chi connectivity index (χ2v) is 7.36. The SMILES string of the molecule is Cc1ccc(C2=C(N(C)c3ccccc3)C(=O)N(c3cccc(F)c3)C2=O)c(C)c1. The fourth-order valence-electron chi connectivity index (χ4n) is 3.80. The van der Waals surface area contributed by atoms with Gasteiger partial charge in [-0.25, -0.2) is 9.29 Å². The fourth-order valence-corrected chi connectivity index (χ4v) is 3.80. The molecule has 0 saturated heterocycles. The van der Waals surface area contributed by atoms with Crippen LogP contribution >= 0.6 is 0 Å². The molecule has 4 rings (SSSR count). The predicted molar refractivity (Wildman–Crippen MR) is 117 cm³/mol. The summed E-state index contributed by atoms with van der Waals surface area (Å²) >= 11 is 0. The molecule has 0 N–H and O–H groups in total. The minimum Gasteiger partial charge on any atom is -0.339 e. The molecule has 150 valence electrons. The van der Waals surface area contributed by atoms with E-state index in [9.17, 15) is 14.0 Å². The van der Waals surface area contributed by atoms with Crippen molar-refractivity contribution in [3.05, 3.63) is 101 Å². The number of amides is 2. The number of para-hydroxylation sites is 1. The molecule has 3 aromatic carbocycles. The molecule has 0 atom stereocenters. The Morgan fingerprint density at radius 1 is 0.833 bits per heavy atom. The molecular weight excluding hydrogens is 379 g/mol. The zero-order chi connectivity index (χ0) is 21.4. The van der Waals surface area contributed by atoms with Gasteiger partial charge >= 0.3 is 0 Å². The molecule has 3 aromatic rings. The van der Waals surface area contributed by atoms with E-state index in [-0.39, 0.29) is 11.4 Å². The third kappa shape index (κ3) is 3.28. The molecular formula is C25H21FN2O2. The zero-order valence-corrected chi connectivity index (χ0v) is 17.0. The van der Waals surface area contributed by atoms with Crippen LogP contribution in [0.2, 0.25) is 0 Å². The van der Waals surface area contributed by atoms with Gasteiger partial charge in [0.2, 0.25) is 0 Å². The maximum absolute atomic E-state index is 13.9. The highest BCUT2D eigenvalue weighted by Crippen LogP contribution is 2.37. The molecule has 30 heavy (non-hydrogen) atoms. The summed E-state index contributed by atoms with van der Waals surface area (Å²) < 4.78 is 13.9. The summed E-state index contributed by atoms with van der Waals surface area (Å²) in [5.74, 6) is -1.45. The number of benzene rings is 3. The van der Waals surface area contributed by atoms with Crippen LogP contribution in [0.25, 0.3) is 5.57 Å². The fraction of sp³-hybridized carbons (Fsp3) is 0.120. The summed E-state index contributed by atoms with van der Waals surface area (Å²) in [4.78, 5) is 29.8. The lowest BCUT2D eigenvalue weighted by atomic mass is 9.97. The Balaban J connectivity index is 1.92. The van der Waals surface area contributed by atoms with Gasteiger partial charge in [0.05, 0.1) is 11.3 Å². The van der Waals surface area contributed by atoms with Crippen LogP contribution in [0.5, 0.6) is 0 Å². The van der Waals surface area contributed by atoms with Gasteiger partial charge in [-0.2, -0.15) is 0 Å². The van der Waals surface area contributed by atoms with Crippen molar-refractivity contribution < 1.29 is 14.0 Å². The van der Waals surface area contributed by atoms with Crippen molar-refractivity contribution in [3.63, 3.8) is 0 Å². The Bertz CT molecular complexity index is 1180. The number of imide groups is 1. The van der Waals surface area contributed by atoms with Gasteiger partial charge in [-0.1, -0.05) is 48.0 Å². The number of carbonyl (C=O) groups excluding carboxylic acids is 2. The topological polar surface area (TPSA) is 40.6 Å². The number of carbonyl (C=O) groups is 2. The number of halogens is 1. The van der Waals surface area contributed by atoms with E-state index in [1.807, 2.05) is 62.4 Å². The highest BCUT2D eigenvalue weighted by Gasteiger charge is 2.42. The third-order valence-corrected chi connectivity index (χ3v) is 5.26. The van der Waals surface area contributed by atoms with Crippen LogP contribution in [-0.2, 0) is 9.59 Å². The summed E-state index contributed by atoms with van der Waals surface area (Å²) in [5, 5.41) is 0. The van der Waals surface area contributed by atoms with Crippen LogP contribution in [0, 0.1) is 19.7 Å². The van der Waals surface area contributed by atoms with Crippen LogP contribution in [0.15, 0.2) is 78.5 Å². The van der Waals surface area contributed by atoms with Crippen molar-refractivity contribution in [1.82, 2.24) is 0 Å². The summed E-state index contributed by atoms with van der Waals surface area (Å²) in [7, 11) is 1.76. The molecule has 0 fully saturated rings. The molecule has 4 nitrogen and oxygen atoms in total. The summed E-state index contributed by atoms with van der Waals surface area (Å²) in [6.07, 6.45) is 0. The van der Waals surface area contributed by atoms with E-state index in [1.54, 1.807) is 18.0 Å². The number of hydrogen-bond acceptors (Lipinski definition) is 3. The maximum Gasteiger partial charge on any atom is 0.282 e. The third-order valence-electron chi connectivity index (χ3n) is 5.26. The van der Waals surface area contributed by atoms with E-state index in [0.29, 0.717) is 11.1 Å². The summed E-state index contributed by atoms with van der Waals surface area (Å²) in [6.45, 7) is 3.89. The Kier molecular flexibility index (Phi) is 4.96. The second kappa shape index (κ2) is 7.59. The van der Waals surface area contributed by atoms with Crippen LogP contribution in [-0.4, -0.2) is 18.9 Å². The number of anilines is 2. The van der Waals surface area contributed by atoms with E-state index in [0.717, 1.165) is 21.7 Å². The van der Waals surface area contributed by atoms with Gasteiger partial charge < -0.3 is 4.90 Å². The average molecular weight is 400 g/mol. The average Bonchev–Trinajstić information content (AvgIpc) is 2.98. The monoisotopic (exact) mass is 400 g/mol. The standard InChI is InChI=1S/C25H21FN2O2/c1-16-12-13-21(17(2)14-16)22-23(27(3)19-9-5-4-6-10-19)25(30)28(24(22)29)20-11-7-8-18(26)15-20/h4-15H,1-3H3. The molecule has 1 aliphatic heterocycles. The van der Waals surface area contributed by atoms with E-state index >= 15 is 0 Å². The maximum atomic E-state index is 13.9. The van der Waals surface area contributed by atoms with Crippen LogP contribution in [0.3, 0.4) is 0 Å². The molecule has 0 radical (unpaired) electrons. The zero-order valence-electron chi connectivity index (χ0n) is 17.0. The molecule has 0 saturated carbocycles. The smallest absolute Gasteiger partial charge is 0.282 e. The van der Waals surface area contributed by atoms with Crippen molar-refractivity contribution in [2.75, 3.05) is 16.8 Å². The summed E-state index contributed by atoms with van der Waals surface area (Å²) in [6, 6.07) is 20.6. The van der Waals surface area contributed by atoms with Gasteiger partial charge in [0.15, 0.2) is 0 Å². The highest BCUT2D eigenvalue weighted by atomic mass is 19.1. The lowest BCUT2D eigenvalue weighted by Gasteiger charge is -2.21. The first kappa shape index (κ1) is 19.6. The number of hydrogen-bond donors (Lipinski definition) is 0. The van der Waals surface area contributed by atoms with Crippen molar-refractivity contribution in [2.24, 2.45) is 0 Å². The van der Waals surface area contributed by atoms with Crippen LogP contribution in [0.4, 0.5) is 15.8 Å². The number of aryl methyl sites for hydroxylation is 2. The molecule has 1 heterocycles. The van der Waals surface area contributed by atoms with Crippen molar-refractivity contribution >= 4 is 28.8 Å². The second-order valence-electron chi connectivity index (χ2n) is 7.36. The minimum atomic E-state index is -0.508. The van der Waals surface area contributed by atoms with Gasteiger partial charge in [0, 0.05) is 12.7 Å². The molecule has 0 aromatic heterocycles. The largest absolute Gasteiger partial charge is 0.339 e. The molecule has 2 amide bonds. The van der Waals surface area contributed by atoms with Gasteiger partial charge in [0.25, 0.3) is 11.8 Å². The number of likely N-dealkylation sites (N-methyl/N-ethyl adjacent to an activating group) is 1. The highest BCUT2D eigenvalue weighted by molar-refractivity contribution is 6.46. The van der Waals surface area contributed by atoms with Gasteiger partial charge in [-0.3, -0.25) is 9.59 Å². The molecule has 0 spiro atoms. The van der Waals surface area contributed by atoms with E-state index in [2.05, 4.69) is 0 Å². The number of rotatable bonds is 4. The quantitative estimate of drug-likeness (QED) is 0.587. The van der Waals surface area contributed by atoms with Crippen molar-refractivity contribution in [3.8, 4) is 0 Å². The first-order valence-corrected chi connectivity index (χ1v) is 9.63. The van der Waals surface area contributed by atoms with E-state index in [4.69, 9.17) is 0 Å². The Morgan fingerprint density at radius 2 is 1.57 bits per heavy atom. The Hall–Kier alpha value is -3.73. The van der Waals surface area contributed by atoms with E-state index in [1.165, 1.54) is 18.2 Å². The first-order valence-electron chi connectivity index (χ1n) is 9.63. The normalized spacial score (nSPS) is 13.9.